The average molecular weight is 384 g/mol. The Morgan fingerprint density at radius 1 is 1.21 bits per heavy atom. The highest BCUT2D eigenvalue weighted by atomic mass is 16.6. The quantitative estimate of drug-likeness (QED) is 0.332. The van der Waals surface area contributed by atoms with Crippen molar-refractivity contribution < 1.29 is 23.6 Å². The van der Waals surface area contributed by atoms with E-state index in [1.165, 1.54) is 25.3 Å². The van der Waals surface area contributed by atoms with Gasteiger partial charge in [-0.05, 0) is 38.1 Å². The van der Waals surface area contributed by atoms with Gasteiger partial charge in [0.25, 0.3) is 5.69 Å². The first kappa shape index (κ1) is 19.2. The van der Waals surface area contributed by atoms with E-state index in [0.717, 1.165) is 17.1 Å². The highest BCUT2D eigenvalue weighted by Gasteiger charge is 2.19. The second kappa shape index (κ2) is 7.99. The van der Waals surface area contributed by atoms with E-state index < -0.39 is 4.92 Å². The molecule has 0 amide bonds. The van der Waals surface area contributed by atoms with Crippen molar-refractivity contribution in [3.8, 4) is 11.5 Å². The van der Waals surface area contributed by atoms with E-state index in [-0.39, 0.29) is 23.8 Å². The van der Waals surface area contributed by atoms with E-state index >= 15 is 0 Å². The SMILES string of the molecule is COc1ccc([N+](=O)[O-])cc1OCC(=O)c1cc(C)n(Cc2ccco2)c1C. The molecule has 0 unspecified atom stereocenters. The predicted octanol–water partition coefficient (Wildman–Crippen LogP) is 3.92. The van der Waals surface area contributed by atoms with Gasteiger partial charge in [-0.3, -0.25) is 14.9 Å². The molecule has 0 aliphatic carbocycles. The average Bonchev–Trinajstić information content (AvgIpc) is 3.29. The molecule has 8 nitrogen and oxygen atoms in total. The number of nitrogens with zero attached hydrogens (tertiary/aromatic N) is 2. The first-order valence-electron chi connectivity index (χ1n) is 8.58. The fraction of sp³-hybridized carbons (Fsp3) is 0.250. The van der Waals surface area contributed by atoms with Crippen LogP contribution in [0.15, 0.2) is 47.1 Å². The number of non-ortho nitro benzene ring substituents is 1. The van der Waals surface area contributed by atoms with Gasteiger partial charge < -0.3 is 18.5 Å². The van der Waals surface area contributed by atoms with Crippen LogP contribution < -0.4 is 9.47 Å². The van der Waals surface area contributed by atoms with Crippen molar-refractivity contribution >= 4 is 11.5 Å². The van der Waals surface area contributed by atoms with Gasteiger partial charge in [0.15, 0.2) is 18.1 Å². The Bertz CT molecular complexity index is 1000. The third kappa shape index (κ3) is 3.90. The minimum atomic E-state index is -0.531. The normalized spacial score (nSPS) is 10.7. The van der Waals surface area contributed by atoms with Gasteiger partial charge in [0.05, 0.1) is 30.9 Å². The van der Waals surface area contributed by atoms with E-state index in [0.29, 0.717) is 17.9 Å². The molecule has 2 heterocycles. The minimum absolute atomic E-state index is 0.139. The smallest absolute Gasteiger partial charge is 0.273 e. The van der Waals surface area contributed by atoms with Crippen LogP contribution in [0.4, 0.5) is 5.69 Å². The Morgan fingerprint density at radius 2 is 2.00 bits per heavy atom. The third-order valence-corrected chi connectivity index (χ3v) is 4.48. The first-order chi connectivity index (χ1) is 13.4. The van der Waals surface area contributed by atoms with Crippen LogP contribution in [0.5, 0.6) is 11.5 Å². The van der Waals surface area contributed by atoms with Gasteiger partial charge in [-0.2, -0.15) is 0 Å². The molecule has 8 heteroatoms. The molecule has 0 saturated carbocycles. The summed E-state index contributed by atoms with van der Waals surface area (Å²) >= 11 is 0. The molecule has 3 aromatic rings. The highest BCUT2D eigenvalue weighted by Crippen LogP contribution is 2.31. The van der Waals surface area contributed by atoms with Gasteiger partial charge >= 0.3 is 0 Å². The number of hydrogen-bond donors (Lipinski definition) is 0. The lowest BCUT2D eigenvalue weighted by Crippen LogP contribution is -2.13. The Balaban J connectivity index is 1.77. The van der Waals surface area contributed by atoms with Crippen molar-refractivity contribution in [2.45, 2.75) is 20.4 Å². The lowest BCUT2D eigenvalue weighted by molar-refractivity contribution is -0.385. The summed E-state index contributed by atoms with van der Waals surface area (Å²) in [6, 6.07) is 9.48. The molecule has 3 rings (SSSR count). The highest BCUT2D eigenvalue weighted by molar-refractivity contribution is 5.98. The number of furan rings is 1. The van der Waals surface area contributed by atoms with Gasteiger partial charge in [-0.1, -0.05) is 0 Å². The first-order valence-corrected chi connectivity index (χ1v) is 8.58. The molecule has 0 fully saturated rings. The third-order valence-electron chi connectivity index (χ3n) is 4.48. The lowest BCUT2D eigenvalue weighted by atomic mass is 10.1. The second-order valence-electron chi connectivity index (χ2n) is 6.25. The summed E-state index contributed by atoms with van der Waals surface area (Å²) in [6.07, 6.45) is 1.61. The largest absolute Gasteiger partial charge is 0.493 e. The molecule has 28 heavy (non-hydrogen) atoms. The van der Waals surface area contributed by atoms with Gasteiger partial charge in [-0.25, -0.2) is 0 Å². The van der Waals surface area contributed by atoms with Crippen molar-refractivity contribution in [2.24, 2.45) is 0 Å². The number of ketones is 1. The summed E-state index contributed by atoms with van der Waals surface area (Å²) in [5.74, 6) is 1.03. The van der Waals surface area contributed by atoms with Crippen molar-refractivity contribution in [3.63, 3.8) is 0 Å². The topological polar surface area (TPSA) is 96.7 Å². The molecule has 0 atom stereocenters. The van der Waals surface area contributed by atoms with E-state index in [1.807, 2.05) is 30.5 Å². The van der Waals surface area contributed by atoms with Crippen molar-refractivity contribution in [1.29, 1.82) is 0 Å². The van der Waals surface area contributed by atoms with Crippen molar-refractivity contribution in [1.82, 2.24) is 4.57 Å². The zero-order valence-corrected chi connectivity index (χ0v) is 15.8. The predicted molar refractivity (Wildman–Crippen MR) is 101 cm³/mol. The molecule has 146 valence electrons. The Morgan fingerprint density at radius 3 is 2.64 bits per heavy atom. The summed E-state index contributed by atoms with van der Waals surface area (Å²) in [5, 5.41) is 11.0. The number of carbonyl (C=O) groups is 1. The van der Waals surface area contributed by atoms with Gasteiger partial charge in [0, 0.05) is 23.0 Å². The molecular weight excluding hydrogens is 364 g/mol. The summed E-state index contributed by atoms with van der Waals surface area (Å²) < 4.78 is 18.1. The molecule has 0 bridgehead atoms. The fourth-order valence-corrected chi connectivity index (χ4v) is 3.00. The van der Waals surface area contributed by atoms with Crippen LogP contribution in [0.1, 0.15) is 27.5 Å². The van der Waals surface area contributed by atoms with E-state index in [9.17, 15) is 14.9 Å². The zero-order valence-electron chi connectivity index (χ0n) is 15.8. The number of carbonyl (C=O) groups excluding carboxylic acids is 1. The summed E-state index contributed by atoms with van der Waals surface area (Å²) in [4.78, 5) is 23.1. The number of Topliss-reactive ketones (excluding diaryl/α,β-unsaturated/α-hetero) is 1. The van der Waals surface area contributed by atoms with Gasteiger partial charge in [0.2, 0.25) is 5.78 Å². The number of rotatable bonds is 8. The molecule has 0 N–H and O–H groups in total. The van der Waals surface area contributed by atoms with Crippen molar-refractivity contribution in [3.05, 3.63) is 75.5 Å². The van der Waals surface area contributed by atoms with Crippen LogP contribution in [0.25, 0.3) is 0 Å². The molecule has 1 aromatic carbocycles. The Kier molecular flexibility index (Phi) is 5.49. The van der Waals surface area contributed by atoms with Crippen LogP contribution in [0.2, 0.25) is 0 Å². The van der Waals surface area contributed by atoms with Crippen LogP contribution in [-0.4, -0.2) is 29.0 Å². The number of ether oxygens (including phenoxy) is 2. The monoisotopic (exact) mass is 384 g/mol. The second-order valence-corrected chi connectivity index (χ2v) is 6.25. The molecule has 0 spiro atoms. The molecule has 0 aliphatic heterocycles. The standard InChI is InChI=1S/C20H20N2O6/c1-13-9-17(14(2)21(13)11-16-5-4-8-27-16)18(23)12-28-20-10-15(22(24)25)6-7-19(20)26-3/h4-10H,11-12H2,1-3H3. The number of methoxy groups -OCH3 is 1. The molecular formula is C20H20N2O6. The maximum atomic E-state index is 12.7. The molecule has 0 radical (unpaired) electrons. The summed E-state index contributed by atoms with van der Waals surface area (Å²) in [5.41, 5.74) is 2.12. The molecule has 0 saturated heterocycles. The Hall–Kier alpha value is -3.55. The number of aryl methyl sites for hydroxylation is 1. The van der Waals surface area contributed by atoms with Crippen LogP contribution in [0, 0.1) is 24.0 Å². The van der Waals surface area contributed by atoms with Gasteiger partial charge in [0.1, 0.15) is 5.76 Å². The fourth-order valence-electron chi connectivity index (χ4n) is 3.00. The van der Waals surface area contributed by atoms with Crippen LogP contribution >= 0.6 is 0 Å². The maximum Gasteiger partial charge on any atom is 0.273 e. The summed E-state index contributed by atoms with van der Waals surface area (Å²) in [6.45, 7) is 4.04. The lowest BCUT2D eigenvalue weighted by Gasteiger charge is -2.10. The number of hydrogen-bond acceptors (Lipinski definition) is 6. The Labute approximate surface area is 161 Å². The number of nitro benzene ring substituents is 1. The minimum Gasteiger partial charge on any atom is -0.493 e. The molecule has 2 aromatic heterocycles. The van der Waals surface area contributed by atoms with Crippen LogP contribution in [0.3, 0.4) is 0 Å². The van der Waals surface area contributed by atoms with E-state index in [1.54, 1.807) is 12.3 Å². The maximum absolute atomic E-state index is 12.7. The number of aromatic nitrogens is 1. The summed E-state index contributed by atoms with van der Waals surface area (Å²) in [7, 11) is 1.43. The van der Waals surface area contributed by atoms with Crippen LogP contribution in [-0.2, 0) is 6.54 Å². The number of nitro groups is 1. The zero-order chi connectivity index (χ0) is 20.3. The van der Waals surface area contributed by atoms with E-state index in [4.69, 9.17) is 13.9 Å². The number of benzene rings is 1. The van der Waals surface area contributed by atoms with Crippen molar-refractivity contribution in [2.75, 3.05) is 13.7 Å². The molecule has 0 aliphatic rings. The van der Waals surface area contributed by atoms with Gasteiger partial charge in [-0.15, -0.1) is 0 Å². The van der Waals surface area contributed by atoms with E-state index in [2.05, 4.69) is 0 Å².